The maximum absolute atomic E-state index is 12.7. The Morgan fingerprint density at radius 1 is 1.35 bits per heavy atom. The molecule has 2 amide bonds. The number of carbonyl (C=O) groups excluding carboxylic acids is 2. The average molecular weight is 336 g/mol. The van der Waals surface area contributed by atoms with Crippen molar-refractivity contribution in [2.24, 2.45) is 0 Å². The third-order valence-electron chi connectivity index (χ3n) is 3.30. The molecular weight excluding hydrogens is 312 g/mol. The number of hydrogen-bond acceptors (Lipinski definition) is 4. The Morgan fingerprint density at radius 3 is 2.70 bits per heavy atom. The second kappa shape index (κ2) is 7.73. The smallest absolute Gasteiger partial charge is 0.408 e. The van der Waals surface area contributed by atoms with E-state index in [4.69, 9.17) is 4.74 Å². The van der Waals surface area contributed by atoms with E-state index in [1.54, 1.807) is 16.7 Å². The molecular formula is C17H24N2O3S. The molecule has 1 fully saturated rings. The van der Waals surface area contributed by atoms with Crippen LogP contribution in [0.4, 0.5) is 4.79 Å². The van der Waals surface area contributed by atoms with Crippen LogP contribution in [0.3, 0.4) is 0 Å². The van der Waals surface area contributed by atoms with Gasteiger partial charge in [-0.15, -0.1) is 0 Å². The van der Waals surface area contributed by atoms with Gasteiger partial charge in [-0.25, -0.2) is 4.79 Å². The van der Waals surface area contributed by atoms with Crippen molar-refractivity contribution < 1.29 is 14.3 Å². The standard InChI is InChI=1S/C17H24N2O3S/c1-17(2,3)18-16(21)22-14-12-23-10-9-19(15(14)20)11-13-7-5-4-6-8-13/h4-8,14H,9-12H2,1-3H3,(H,18,21). The topological polar surface area (TPSA) is 58.6 Å². The van der Waals surface area contributed by atoms with Gasteiger partial charge in [-0.2, -0.15) is 11.8 Å². The number of hydrogen-bond donors (Lipinski definition) is 1. The summed E-state index contributed by atoms with van der Waals surface area (Å²) in [4.78, 5) is 26.4. The largest absolute Gasteiger partial charge is 0.435 e. The number of nitrogens with one attached hydrogen (secondary N) is 1. The molecule has 2 rings (SSSR count). The van der Waals surface area contributed by atoms with Gasteiger partial charge in [-0.05, 0) is 26.3 Å². The molecule has 1 saturated heterocycles. The lowest BCUT2D eigenvalue weighted by atomic mass is 10.1. The normalized spacial score (nSPS) is 19.2. The molecule has 23 heavy (non-hydrogen) atoms. The summed E-state index contributed by atoms with van der Waals surface area (Å²) in [6, 6.07) is 9.85. The third kappa shape index (κ3) is 5.78. The molecule has 0 aromatic heterocycles. The van der Waals surface area contributed by atoms with E-state index in [1.165, 1.54) is 0 Å². The van der Waals surface area contributed by atoms with Gasteiger partial charge in [-0.3, -0.25) is 4.79 Å². The molecule has 1 heterocycles. The lowest BCUT2D eigenvalue weighted by Crippen LogP contribution is -2.46. The minimum absolute atomic E-state index is 0.122. The molecule has 0 spiro atoms. The van der Waals surface area contributed by atoms with Crippen molar-refractivity contribution in [3.05, 3.63) is 35.9 Å². The highest BCUT2D eigenvalue weighted by atomic mass is 32.2. The van der Waals surface area contributed by atoms with Gasteiger partial charge >= 0.3 is 6.09 Å². The highest BCUT2D eigenvalue weighted by Gasteiger charge is 2.31. The van der Waals surface area contributed by atoms with Crippen LogP contribution in [-0.2, 0) is 16.1 Å². The van der Waals surface area contributed by atoms with E-state index >= 15 is 0 Å². The van der Waals surface area contributed by atoms with Crippen LogP contribution in [0, 0.1) is 0 Å². The first-order valence-electron chi connectivity index (χ1n) is 7.74. The van der Waals surface area contributed by atoms with Gasteiger partial charge in [-0.1, -0.05) is 30.3 Å². The maximum Gasteiger partial charge on any atom is 0.408 e. The van der Waals surface area contributed by atoms with Crippen molar-refractivity contribution in [2.75, 3.05) is 18.1 Å². The van der Waals surface area contributed by atoms with E-state index in [-0.39, 0.29) is 11.4 Å². The number of amides is 2. The second-order valence-electron chi connectivity index (χ2n) is 6.59. The van der Waals surface area contributed by atoms with Crippen LogP contribution in [0.25, 0.3) is 0 Å². The van der Waals surface area contributed by atoms with Gasteiger partial charge in [0, 0.05) is 30.1 Å². The van der Waals surface area contributed by atoms with Crippen LogP contribution in [0.5, 0.6) is 0 Å². The summed E-state index contributed by atoms with van der Waals surface area (Å²) in [5, 5.41) is 2.73. The summed E-state index contributed by atoms with van der Waals surface area (Å²) in [5.74, 6) is 1.23. The Kier molecular flexibility index (Phi) is 5.93. The van der Waals surface area contributed by atoms with Crippen molar-refractivity contribution in [3.63, 3.8) is 0 Å². The molecule has 6 heteroatoms. The quantitative estimate of drug-likeness (QED) is 0.922. The Balaban J connectivity index is 2.00. The third-order valence-corrected chi connectivity index (χ3v) is 4.31. The van der Waals surface area contributed by atoms with E-state index in [1.807, 2.05) is 51.1 Å². The molecule has 1 atom stereocenters. The van der Waals surface area contributed by atoms with Crippen molar-refractivity contribution >= 4 is 23.8 Å². The number of thioether (sulfide) groups is 1. The fraction of sp³-hybridized carbons (Fsp3) is 0.529. The summed E-state index contributed by atoms with van der Waals surface area (Å²) >= 11 is 1.63. The molecule has 0 radical (unpaired) electrons. The Morgan fingerprint density at radius 2 is 2.04 bits per heavy atom. The fourth-order valence-electron chi connectivity index (χ4n) is 2.26. The molecule has 1 aliphatic heterocycles. The van der Waals surface area contributed by atoms with E-state index in [2.05, 4.69) is 5.32 Å². The maximum atomic E-state index is 12.7. The van der Waals surface area contributed by atoms with Crippen molar-refractivity contribution in [3.8, 4) is 0 Å². The van der Waals surface area contributed by atoms with Gasteiger partial charge < -0.3 is 15.0 Å². The number of rotatable bonds is 3. The summed E-state index contributed by atoms with van der Waals surface area (Å²) in [7, 11) is 0. The molecule has 126 valence electrons. The number of alkyl carbamates (subject to hydrolysis) is 1. The first kappa shape index (κ1) is 17.7. The summed E-state index contributed by atoms with van der Waals surface area (Å²) in [6.07, 6.45) is -1.27. The zero-order valence-corrected chi connectivity index (χ0v) is 14.7. The summed E-state index contributed by atoms with van der Waals surface area (Å²) in [5.41, 5.74) is 0.687. The number of carbonyl (C=O) groups is 2. The molecule has 1 N–H and O–H groups in total. The van der Waals surface area contributed by atoms with Crippen LogP contribution in [-0.4, -0.2) is 46.6 Å². The molecule has 1 aliphatic rings. The predicted molar refractivity (Wildman–Crippen MR) is 92.3 cm³/mol. The molecule has 0 aliphatic carbocycles. The van der Waals surface area contributed by atoms with Crippen molar-refractivity contribution in [1.29, 1.82) is 0 Å². The Labute approximate surface area is 141 Å². The number of ether oxygens (including phenoxy) is 1. The van der Waals surface area contributed by atoms with Gasteiger partial charge in [0.2, 0.25) is 0 Å². The molecule has 0 bridgehead atoms. The van der Waals surface area contributed by atoms with Crippen LogP contribution >= 0.6 is 11.8 Å². The SMILES string of the molecule is CC(C)(C)NC(=O)OC1CSCCN(Cc2ccccc2)C1=O. The second-order valence-corrected chi connectivity index (χ2v) is 7.74. The first-order valence-corrected chi connectivity index (χ1v) is 8.90. The average Bonchev–Trinajstić information content (AvgIpc) is 2.62. The van der Waals surface area contributed by atoms with E-state index in [9.17, 15) is 9.59 Å². The molecule has 1 unspecified atom stereocenters. The zero-order chi connectivity index (χ0) is 16.9. The van der Waals surface area contributed by atoms with Crippen molar-refractivity contribution in [1.82, 2.24) is 10.2 Å². The van der Waals surface area contributed by atoms with Crippen LogP contribution in [0.1, 0.15) is 26.3 Å². The fourth-order valence-corrected chi connectivity index (χ4v) is 3.20. The lowest BCUT2D eigenvalue weighted by molar-refractivity contribution is -0.139. The highest BCUT2D eigenvalue weighted by Crippen LogP contribution is 2.17. The Bertz CT molecular complexity index is 543. The lowest BCUT2D eigenvalue weighted by Gasteiger charge is -2.26. The van der Waals surface area contributed by atoms with Crippen LogP contribution in [0.2, 0.25) is 0 Å². The zero-order valence-electron chi connectivity index (χ0n) is 13.9. The number of nitrogens with zero attached hydrogens (tertiary/aromatic N) is 1. The summed E-state index contributed by atoms with van der Waals surface area (Å²) in [6.45, 7) is 6.83. The minimum Gasteiger partial charge on any atom is -0.435 e. The van der Waals surface area contributed by atoms with Gasteiger partial charge in [0.25, 0.3) is 5.91 Å². The van der Waals surface area contributed by atoms with E-state index in [0.29, 0.717) is 18.8 Å². The van der Waals surface area contributed by atoms with E-state index in [0.717, 1.165) is 11.3 Å². The molecule has 5 nitrogen and oxygen atoms in total. The Hall–Kier alpha value is -1.69. The molecule has 1 aromatic rings. The van der Waals surface area contributed by atoms with Gasteiger partial charge in [0.1, 0.15) is 0 Å². The highest BCUT2D eigenvalue weighted by molar-refractivity contribution is 7.99. The van der Waals surface area contributed by atoms with Crippen LogP contribution < -0.4 is 5.32 Å². The number of benzene rings is 1. The monoisotopic (exact) mass is 336 g/mol. The minimum atomic E-state index is -0.728. The molecule has 1 aromatic carbocycles. The molecule has 0 saturated carbocycles. The van der Waals surface area contributed by atoms with Gasteiger partial charge in [0.05, 0.1) is 0 Å². The van der Waals surface area contributed by atoms with E-state index < -0.39 is 12.2 Å². The van der Waals surface area contributed by atoms with Crippen molar-refractivity contribution in [2.45, 2.75) is 39.0 Å². The summed E-state index contributed by atoms with van der Waals surface area (Å²) < 4.78 is 5.37. The van der Waals surface area contributed by atoms with Gasteiger partial charge in [0.15, 0.2) is 6.10 Å². The van der Waals surface area contributed by atoms with Crippen LogP contribution in [0.15, 0.2) is 30.3 Å². The predicted octanol–water partition coefficient (Wildman–Crippen LogP) is 2.66. The first-order chi connectivity index (χ1) is 10.8.